The zero-order chi connectivity index (χ0) is 43.7. The Bertz CT molecular complexity index is 1230. The second-order valence-corrected chi connectivity index (χ2v) is 15.7. The van der Waals surface area contributed by atoms with Gasteiger partial charge in [0.1, 0.15) is 13.2 Å². The molecule has 60 heavy (non-hydrogen) atoms. The van der Waals surface area contributed by atoms with E-state index in [2.05, 4.69) is 87.6 Å². The number of carbonyl (C=O) groups is 3. The van der Waals surface area contributed by atoms with Crippen molar-refractivity contribution in [3.8, 4) is 0 Å². The number of ether oxygens (including phenoxy) is 3. The van der Waals surface area contributed by atoms with E-state index in [1.165, 1.54) is 64.2 Å². The molecule has 0 amide bonds. The summed E-state index contributed by atoms with van der Waals surface area (Å²) < 4.78 is 16.7. The molecule has 0 aliphatic rings. The van der Waals surface area contributed by atoms with Crippen LogP contribution in [0.1, 0.15) is 207 Å². The lowest BCUT2D eigenvalue weighted by atomic mass is 10.1. The standard InChI is InChI=1S/C54H88O6/c1-4-7-10-13-16-19-22-25-27-30-32-35-38-41-44-47-53(56)59-50-51(49-58-52(55)46-43-40-37-34-31-28-24-21-18-15-12-9-6-3)60-54(57)48-45-42-39-36-33-29-26-23-20-17-14-11-8-5-2/h7-8,10-11,13,16-17,19-20,22,25,27-28,31,37,40,51H,4-6,9,12,14-15,18,21,23-24,26,29-30,32-36,38-39,41-50H2,1-3H3/b10-7-,11-8-,16-13-,20-17-,22-19-,27-25-,31-28-,40-37-. The number of rotatable bonds is 42. The summed E-state index contributed by atoms with van der Waals surface area (Å²) in [5, 5.41) is 0. The van der Waals surface area contributed by atoms with E-state index in [9.17, 15) is 14.4 Å². The number of hydrogen-bond acceptors (Lipinski definition) is 6. The van der Waals surface area contributed by atoms with E-state index in [0.717, 1.165) is 96.3 Å². The van der Waals surface area contributed by atoms with E-state index in [1.807, 2.05) is 30.4 Å². The SMILES string of the molecule is CC\C=C/C=C\C=C/C=C\CCCCCCCC(=O)OCC(COC(=O)CC/C=C\C/C=C\CCCCCCCC)OC(=O)CCCCCCCCC/C=C\C/C=C\CC. The molecule has 0 fully saturated rings. The molecule has 0 N–H and O–H groups in total. The van der Waals surface area contributed by atoms with Crippen molar-refractivity contribution in [1.29, 1.82) is 0 Å². The molecule has 0 aromatic carbocycles. The van der Waals surface area contributed by atoms with Crippen LogP contribution in [0.25, 0.3) is 0 Å². The summed E-state index contributed by atoms with van der Waals surface area (Å²) in [6.45, 7) is 6.29. The first-order valence-electron chi connectivity index (χ1n) is 24.3. The highest BCUT2D eigenvalue weighted by atomic mass is 16.6. The van der Waals surface area contributed by atoms with Crippen molar-refractivity contribution in [2.75, 3.05) is 13.2 Å². The van der Waals surface area contributed by atoms with Crippen LogP contribution < -0.4 is 0 Å². The molecule has 340 valence electrons. The van der Waals surface area contributed by atoms with E-state index >= 15 is 0 Å². The second-order valence-electron chi connectivity index (χ2n) is 15.7. The second kappa shape index (κ2) is 48.0. The Morgan fingerprint density at radius 2 is 0.767 bits per heavy atom. The highest BCUT2D eigenvalue weighted by Crippen LogP contribution is 2.13. The topological polar surface area (TPSA) is 78.9 Å². The summed E-state index contributed by atoms with van der Waals surface area (Å²) in [4.78, 5) is 37.8. The smallest absolute Gasteiger partial charge is 0.306 e. The van der Waals surface area contributed by atoms with Crippen LogP contribution in [0, 0.1) is 0 Å². The summed E-state index contributed by atoms with van der Waals surface area (Å²) in [7, 11) is 0. The fourth-order valence-electron chi connectivity index (χ4n) is 6.31. The third-order valence-corrected chi connectivity index (χ3v) is 9.91. The van der Waals surface area contributed by atoms with Crippen molar-refractivity contribution < 1.29 is 28.6 Å². The third-order valence-electron chi connectivity index (χ3n) is 9.91. The third kappa shape index (κ3) is 45.4. The molecule has 1 atom stereocenters. The zero-order valence-electron chi connectivity index (χ0n) is 38.7. The minimum atomic E-state index is -0.814. The molecular weight excluding hydrogens is 745 g/mol. The molecule has 0 saturated carbocycles. The van der Waals surface area contributed by atoms with Crippen molar-refractivity contribution in [3.05, 3.63) is 97.2 Å². The molecule has 0 aliphatic carbocycles. The van der Waals surface area contributed by atoms with Gasteiger partial charge in [-0.1, -0.05) is 201 Å². The minimum absolute atomic E-state index is 0.112. The fraction of sp³-hybridized carbons (Fsp3) is 0.648. The van der Waals surface area contributed by atoms with Crippen molar-refractivity contribution in [2.24, 2.45) is 0 Å². The molecule has 0 radical (unpaired) electrons. The number of allylic oxidation sites excluding steroid dienone is 16. The predicted octanol–water partition coefficient (Wildman–Crippen LogP) is 15.8. The first-order valence-corrected chi connectivity index (χ1v) is 24.3. The maximum atomic E-state index is 12.8. The normalized spacial score (nSPS) is 12.9. The average Bonchev–Trinajstić information content (AvgIpc) is 3.24. The van der Waals surface area contributed by atoms with Gasteiger partial charge in [0.2, 0.25) is 0 Å². The predicted molar refractivity (Wildman–Crippen MR) is 256 cm³/mol. The molecule has 6 nitrogen and oxygen atoms in total. The van der Waals surface area contributed by atoms with Crippen LogP contribution in [0.4, 0.5) is 0 Å². The Labute approximate surface area is 368 Å². The van der Waals surface area contributed by atoms with Gasteiger partial charge in [0.25, 0.3) is 0 Å². The van der Waals surface area contributed by atoms with Crippen LogP contribution in [-0.2, 0) is 28.6 Å². The van der Waals surface area contributed by atoms with Gasteiger partial charge < -0.3 is 14.2 Å². The van der Waals surface area contributed by atoms with Gasteiger partial charge in [0, 0.05) is 19.3 Å². The number of carbonyl (C=O) groups excluding carboxylic acids is 3. The summed E-state index contributed by atoms with van der Waals surface area (Å²) in [6, 6.07) is 0. The van der Waals surface area contributed by atoms with Gasteiger partial charge in [-0.3, -0.25) is 14.4 Å². The fourth-order valence-corrected chi connectivity index (χ4v) is 6.31. The van der Waals surface area contributed by atoms with Gasteiger partial charge in [0.05, 0.1) is 0 Å². The van der Waals surface area contributed by atoms with E-state index < -0.39 is 6.10 Å². The highest BCUT2D eigenvalue weighted by molar-refractivity contribution is 5.71. The molecular formula is C54H88O6. The van der Waals surface area contributed by atoms with Crippen molar-refractivity contribution in [2.45, 2.75) is 213 Å². The van der Waals surface area contributed by atoms with Crippen LogP contribution in [0.3, 0.4) is 0 Å². The quantitative estimate of drug-likeness (QED) is 0.0200. The summed E-state index contributed by atoms with van der Waals surface area (Å²) >= 11 is 0. The molecule has 0 heterocycles. The lowest BCUT2D eigenvalue weighted by molar-refractivity contribution is -0.166. The van der Waals surface area contributed by atoms with E-state index in [1.54, 1.807) is 0 Å². The lowest BCUT2D eigenvalue weighted by Crippen LogP contribution is -2.30. The van der Waals surface area contributed by atoms with Gasteiger partial charge in [0.15, 0.2) is 6.10 Å². The van der Waals surface area contributed by atoms with Crippen molar-refractivity contribution in [1.82, 2.24) is 0 Å². The molecule has 0 rings (SSSR count). The van der Waals surface area contributed by atoms with Crippen LogP contribution >= 0.6 is 0 Å². The monoisotopic (exact) mass is 833 g/mol. The van der Waals surface area contributed by atoms with Crippen LogP contribution in [-0.4, -0.2) is 37.2 Å². The van der Waals surface area contributed by atoms with Crippen LogP contribution in [0.2, 0.25) is 0 Å². The summed E-state index contributed by atoms with van der Waals surface area (Å²) in [5.74, 6) is -1.02. The number of unbranched alkanes of at least 4 members (excludes halogenated alkanes) is 18. The first kappa shape index (κ1) is 56.3. The molecule has 0 aliphatic heterocycles. The molecule has 0 saturated heterocycles. The van der Waals surface area contributed by atoms with Crippen molar-refractivity contribution >= 4 is 17.9 Å². The maximum absolute atomic E-state index is 12.8. The van der Waals surface area contributed by atoms with E-state index in [-0.39, 0.29) is 37.5 Å². The molecule has 0 aromatic heterocycles. The number of esters is 3. The molecule has 6 heteroatoms. The number of hydrogen-bond donors (Lipinski definition) is 0. The van der Waals surface area contributed by atoms with Gasteiger partial charge in [-0.2, -0.15) is 0 Å². The molecule has 0 aromatic rings. The maximum Gasteiger partial charge on any atom is 0.306 e. The highest BCUT2D eigenvalue weighted by Gasteiger charge is 2.19. The van der Waals surface area contributed by atoms with E-state index in [4.69, 9.17) is 14.2 Å². The van der Waals surface area contributed by atoms with Crippen molar-refractivity contribution in [3.63, 3.8) is 0 Å². The first-order chi connectivity index (χ1) is 29.5. The van der Waals surface area contributed by atoms with E-state index in [0.29, 0.717) is 19.3 Å². The zero-order valence-corrected chi connectivity index (χ0v) is 38.7. The Morgan fingerprint density at radius 3 is 1.30 bits per heavy atom. The summed E-state index contributed by atoms with van der Waals surface area (Å²) in [5.41, 5.74) is 0. The largest absolute Gasteiger partial charge is 0.462 e. The lowest BCUT2D eigenvalue weighted by Gasteiger charge is -2.18. The molecule has 1 unspecified atom stereocenters. The van der Waals surface area contributed by atoms with Gasteiger partial charge in [-0.15, -0.1) is 0 Å². The molecule has 0 spiro atoms. The minimum Gasteiger partial charge on any atom is -0.462 e. The summed E-state index contributed by atoms with van der Waals surface area (Å²) in [6.07, 6.45) is 62.5. The Kier molecular flexibility index (Phi) is 45.1. The molecule has 0 bridgehead atoms. The Morgan fingerprint density at radius 1 is 0.367 bits per heavy atom. The van der Waals surface area contributed by atoms with Gasteiger partial charge in [-0.05, 0) is 83.5 Å². The Hall–Kier alpha value is -3.67. The van der Waals surface area contributed by atoms with Crippen LogP contribution in [0.5, 0.6) is 0 Å². The van der Waals surface area contributed by atoms with Gasteiger partial charge >= 0.3 is 17.9 Å². The average molecular weight is 833 g/mol. The van der Waals surface area contributed by atoms with Crippen LogP contribution in [0.15, 0.2) is 97.2 Å². The Balaban J connectivity index is 4.52. The van der Waals surface area contributed by atoms with Gasteiger partial charge in [-0.25, -0.2) is 0 Å².